The van der Waals surface area contributed by atoms with Gasteiger partial charge in [-0.15, -0.1) is 0 Å². The van der Waals surface area contributed by atoms with E-state index in [-0.39, 0.29) is 29.2 Å². The average molecular weight is 238 g/mol. The van der Waals surface area contributed by atoms with Gasteiger partial charge in [-0.1, -0.05) is 6.92 Å². The molecule has 0 spiro atoms. The molecule has 1 aliphatic rings. The molecule has 0 aromatic carbocycles. The van der Waals surface area contributed by atoms with Gasteiger partial charge in [-0.05, 0) is 39.0 Å². The van der Waals surface area contributed by atoms with Crippen molar-refractivity contribution < 1.29 is 14.4 Å². The highest BCUT2D eigenvalue weighted by Gasteiger charge is 2.35. The summed E-state index contributed by atoms with van der Waals surface area (Å²) in [5.41, 5.74) is 0. The number of carbonyl (C=O) groups excluding carboxylic acids is 3. The molecule has 0 amide bonds. The lowest BCUT2D eigenvalue weighted by Crippen LogP contribution is -2.35. The van der Waals surface area contributed by atoms with Crippen LogP contribution in [0.25, 0.3) is 0 Å². The first-order valence-electron chi connectivity index (χ1n) is 6.44. The van der Waals surface area contributed by atoms with Crippen LogP contribution >= 0.6 is 0 Å². The van der Waals surface area contributed by atoms with Crippen LogP contribution in [0.3, 0.4) is 0 Å². The first kappa shape index (κ1) is 14.1. The predicted molar refractivity (Wildman–Crippen MR) is 65.6 cm³/mol. The highest BCUT2D eigenvalue weighted by Crippen LogP contribution is 2.35. The van der Waals surface area contributed by atoms with Gasteiger partial charge in [-0.25, -0.2) is 0 Å². The van der Waals surface area contributed by atoms with Crippen molar-refractivity contribution in [3.8, 4) is 0 Å². The van der Waals surface area contributed by atoms with Gasteiger partial charge in [0.05, 0.1) is 0 Å². The Balaban J connectivity index is 2.62. The zero-order chi connectivity index (χ0) is 13.0. The van der Waals surface area contributed by atoms with Crippen molar-refractivity contribution in [3.05, 3.63) is 0 Å². The SMILES string of the molecule is CC(=O)CCC1C(=O)C(CC(C)=O)CCC1C. The van der Waals surface area contributed by atoms with Crippen molar-refractivity contribution >= 4 is 17.3 Å². The molecule has 0 aliphatic heterocycles. The fourth-order valence-electron chi connectivity index (χ4n) is 2.73. The minimum atomic E-state index is -0.0966. The van der Waals surface area contributed by atoms with Gasteiger partial charge in [0.1, 0.15) is 17.3 Å². The maximum atomic E-state index is 12.2. The Bertz CT molecular complexity index is 319. The predicted octanol–water partition coefficient (Wildman–Crippen LogP) is 2.57. The van der Waals surface area contributed by atoms with Crippen LogP contribution < -0.4 is 0 Å². The maximum absolute atomic E-state index is 12.2. The first-order valence-corrected chi connectivity index (χ1v) is 6.44. The monoisotopic (exact) mass is 238 g/mol. The topological polar surface area (TPSA) is 51.2 Å². The molecule has 3 unspecified atom stereocenters. The van der Waals surface area contributed by atoms with E-state index in [0.29, 0.717) is 25.2 Å². The number of ketones is 3. The molecule has 1 aliphatic carbocycles. The van der Waals surface area contributed by atoms with Gasteiger partial charge < -0.3 is 9.59 Å². The number of hydrogen-bond donors (Lipinski definition) is 0. The quantitative estimate of drug-likeness (QED) is 0.739. The first-order chi connectivity index (χ1) is 7.91. The summed E-state index contributed by atoms with van der Waals surface area (Å²) < 4.78 is 0. The van der Waals surface area contributed by atoms with Crippen LogP contribution in [-0.4, -0.2) is 17.3 Å². The number of rotatable bonds is 5. The van der Waals surface area contributed by atoms with Crippen molar-refractivity contribution in [3.63, 3.8) is 0 Å². The second kappa shape index (κ2) is 6.08. The van der Waals surface area contributed by atoms with Crippen molar-refractivity contribution in [1.82, 2.24) is 0 Å². The number of Topliss-reactive ketones (excluding diaryl/α,β-unsaturated/α-hetero) is 3. The summed E-state index contributed by atoms with van der Waals surface area (Å²) in [7, 11) is 0. The Morgan fingerprint density at radius 1 is 1.18 bits per heavy atom. The molecular weight excluding hydrogens is 216 g/mol. The Morgan fingerprint density at radius 2 is 1.82 bits per heavy atom. The normalized spacial score (nSPS) is 29.1. The van der Waals surface area contributed by atoms with Crippen LogP contribution in [0.15, 0.2) is 0 Å². The van der Waals surface area contributed by atoms with E-state index in [4.69, 9.17) is 0 Å². The highest BCUT2D eigenvalue weighted by molar-refractivity contribution is 5.89. The molecule has 1 fully saturated rings. The fourth-order valence-corrected chi connectivity index (χ4v) is 2.73. The second-order valence-electron chi connectivity index (χ2n) is 5.41. The van der Waals surface area contributed by atoms with E-state index >= 15 is 0 Å². The van der Waals surface area contributed by atoms with Gasteiger partial charge in [0.15, 0.2) is 0 Å². The fraction of sp³-hybridized carbons (Fsp3) is 0.786. The van der Waals surface area contributed by atoms with Crippen molar-refractivity contribution in [2.45, 2.75) is 52.9 Å². The van der Waals surface area contributed by atoms with Crippen LogP contribution in [0, 0.1) is 17.8 Å². The van der Waals surface area contributed by atoms with E-state index in [9.17, 15) is 14.4 Å². The third-order valence-electron chi connectivity index (χ3n) is 3.77. The minimum absolute atomic E-state index is 0.0167. The Kier molecular flexibility index (Phi) is 5.03. The molecule has 1 saturated carbocycles. The van der Waals surface area contributed by atoms with E-state index in [0.717, 1.165) is 12.8 Å². The summed E-state index contributed by atoms with van der Waals surface area (Å²) in [4.78, 5) is 34.3. The summed E-state index contributed by atoms with van der Waals surface area (Å²) in [6.45, 7) is 5.17. The molecule has 3 atom stereocenters. The second-order valence-corrected chi connectivity index (χ2v) is 5.41. The molecule has 96 valence electrons. The highest BCUT2D eigenvalue weighted by atomic mass is 16.1. The zero-order valence-corrected chi connectivity index (χ0v) is 11.0. The molecule has 0 aromatic heterocycles. The van der Waals surface area contributed by atoms with E-state index in [1.807, 2.05) is 0 Å². The van der Waals surface area contributed by atoms with Gasteiger partial charge in [-0.2, -0.15) is 0 Å². The Hall–Kier alpha value is -0.990. The molecule has 1 rings (SSSR count). The lowest BCUT2D eigenvalue weighted by molar-refractivity contribution is -0.134. The van der Waals surface area contributed by atoms with E-state index in [2.05, 4.69) is 6.92 Å². The Morgan fingerprint density at radius 3 is 2.35 bits per heavy atom. The van der Waals surface area contributed by atoms with Crippen LogP contribution in [-0.2, 0) is 14.4 Å². The molecule has 0 N–H and O–H groups in total. The van der Waals surface area contributed by atoms with Gasteiger partial charge >= 0.3 is 0 Å². The van der Waals surface area contributed by atoms with Gasteiger partial charge in [0.25, 0.3) is 0 Å². The number of carbonyl (C=O) groups is 3. The molecule has 0 aromatic rings. The smallest absolute Gasteiger partial charge is 0.139 e. The lowest BCUT2D eigenvalue weighted by Gasteiger charge is -2.32. The molecule has 3 heteroatoms. The van der Waals surface area contributed by atoms with Crippen molar-refractivity contribution in [2.24, 2.45) is 17.8 Å². The third-order valence-corrected chi connectivity index (χ3v) is 3.77. The molecule has 0 radical (unpaired) electrons. The largest absolute Gasteiger partial charge is 0.300 e. The van der Waals surface area contributed by atoms with E-state index in [1.165, 1.54) is 6.92 Å². The summed E-state index contributed by atoms with van der Waals surface area (Å²) in [6, 6.07) is 0. The van der Waals surface area contributed by atoms with Crippen molar-refractivity contribution in [2.75, 3.05) is 0 Å². The van der Waals surface area contributed by atoms with E-state index in [1.54, 1.807) is 6.92 Å². The van der Waals surface area contributed by atoms with Crippen LogP contribution in [0.4, 0.5) is 0 Å². The standard InChI is InChI=1S/C14H22O3/c1-9-4-6-12(8-11(3)16)14(17)13(9)7-5-10(2)15/h9,12-13H,4-8H2,1-3H3. The molecular formula is C14H22O3. The summed E-state index contributed by atoms with van der Waals surface area (Å²) in [6.07, 6.45) is 3.34. The Labute approximate surface area is 103 Å². The molecule has 0 heterocycles. The number of hydrogen-bond acceptors (Lipinski definition) is 3. The minimum Gasteiger partial charge on any atom is -0.300 e. The molecule has 17 heavy (non-hydrogen) atoms. The van der Waals surface area contributed by atoms with Gasteiger partial charge in [-0.3, -0.25) is 4.79 Å². The third kappa shape index (κ3) is 4.06. The maximum Gasteiger partial charge on any atom is 0.139 e. The lowest BCUT2D eigenvalue weighted by atomic mass is 9.70. The molecule has 3 nitrogen and oxygen atoms in total. The summed E-state index contributed by atoms with van der Waals surface area (Å²) in [5.74, 6) is 0.671. The van der Waals surface area contributed by atoms with Crippen LogP contribution in [0.2, 0.25) is 0 Å². The van der Waals surface area contributed by atoms with Crippen LogP contribution in [0.5, 0.6) is 0 Å². The van der Waals surface area contributed by atoms with Crippen LogP contribution in [0.1, 0.15) is 52.9 Å². The van der Waals surface area contributed by atoms with Gasteiger partial charge in [0, 0.05) is 24.7 Å². The molecule has 0 saturated heterocycles. The summed E-state index contributed by atoms with van der Waals surface area (Å²) in [5, 5.41) is 0. The van der Waals surface area contributed by atoms with Crippen molar-refractivity contribution in [1.29, 1.82) is 0 Å². The molecule has 0 bridgehead atoms. The zero-order valence-electron chi connectivity index (χ0n) is 11.0. The van der Waals surface area contributed by atoms with Gasteiger partial charge in [0.2, 0.25) is 0 Å². The summed E-state index contributed by atoms with van der Waals surface area (Å²) >= 11 is 0. The van der Waals surface area contributed by atoms with E-state index < -0.39 is 0 Å². The average Bonchev–Trinajstić information content (AvgIpc) is 2.21.